The van der Waals surface area contributed by atoms with Gasteiger partial charge in [0.25, 0.3) is 0 Å². The molecule has 0 aromatic heterocycles. The van der Waals surface area contributed by atoms with Gasteiger partial charge in [-0.1, -0.05) is 42.5 Å². The molecule has 0 saturated heterocycles. The van der Waals surface area contributed by atoms with Crippen molar-refractivity contribution in [3.8, 4) is 11.1 Å². The molecule has 3 aromatic carbocycles. The van der Waals surface area contributed by atoms with Crippen LogP contribution >= 0.6 is 0 Å². The quantitative estimate of drug-likeness (QED) is 0.591. The zero-order valence-electron chi connectivity index (χ0n) is 15.1. The molecule has 0 atom stereocenters. The Hall–Kier alpha value is -2.54. The van der Waals surface area contributed by atoms with Crippen LogP contribution in [0.3, 0.4) is 0 Å². The summed E-state index contributed by atoms with van der Waals surface area (Å²) in [5.74, 6) is 0. The second kappa shape index (κ2) is 6.76. The Balaban J connectivity index is 0.00000196. The van der Waals surface area contributed by atoms with Gasteiger partial charge in [-0.15, -0.1) is 0 Å². The molecular weight excluding hydrogens is 302 g/mol. The molecule has 0 spiro atoms. The van der Waals surface area contributed by atoms with Crippen LogP contribution in [0.15, 0.2) is 60.7 Å². The van der Waals surface area contributed by atoms with Crippen molar-refractivity contribution in [3.63, 3.8) is 0 Å². The van der Waals surface area contributed by atoms with E-state index in [0.29, 0.717) is 0 Å². The molecule has 0 aliphatic heterocycles. The second-order valence-corrected chi connectivity index (χ2v) is 7.16. The molecule has 1 aliphatic rings. The van der Waals surface area contributed by atoms with Gasteiger partial charge in [0, 0.05) is 13.7 Å². The van der Waals surface area contributed by atoms with Gasteiger partial charge >= 0.3 is 0 Å². The number of hydrogen-bond donors (Lipinski definition) is 1. The molecule has 0 unspecified atom stereocenters. The van der Waals surface area contributed by atoms with E-state index in [2.05, 4.69) is 79.8 Å². The minimum atomic E-state index is 0. The lowest BCUT2D eigenvalue weighted by molar-refractivity contribution is 0.912. The summed E-state index contributed by atoms with van der Waals surface area (Å²) < 4.78 is 0. The Kier molecular flexibility index (Phi) is 4.31. The van der Waals surface area contributed by atoms with E-state index in [-0.39, 0.29) is 1.43 Å². The van der Waals surface area contributed by atoms with Crippen molar-refractivity contribution in [2.24, 2.45) is 0 Å². The maximum absolute atomic E-state index is 3.60. The Labute approximate surface area is 152 Å². The molecule has 0 saturated carbocycles. The fraction of sp³-hybridized carbons (Fsp3) is 0.250. The van der Waals surface area contributed by atoms with Gasteiger partial charge < -0.3 is 5.32 Å². The first kappa shape index (κ1) is 16.0. The van der Waals surface area contributed by atoms with Gasteiger partial charge in [0.2, 0.25) is 0 Å². The molecule has 3 aromatic rings. The first-order valence-corrected chi connectivity index (χ1v) is 9.22. The van der Waals surface area contributed by atoms with Gasteiger partial charge in [-0.05, 0) is 90.3 Å². The van der Waals surface area contributed by atoms with Gasteiger partial charge in [0.15, 0.2) is 0 Å². The molecule has 128 valence electrons. The van der Waals surface area contributed by atoms with Gasteiger partial charge in [0.05, 0.1) is 0 Å². The summed E-state index contributed by atoms with van der Waals surface area (Å²) in [5, 5.41) is 3.60. The number of fused-ring (bicyclic) bond motifs is 1. The number of hydrogen-bond acceptors (Lipinski definition) is 1. The largest absolute Gasteiger partial charge is 0.381 e. The van der Waals surface area contributed by atoms with Crippen molar-refractivity contribution < 1.29 is 1.43 Å². The zero-order valence-corrected chi connectivity index (χ0v) is 15.1. The van der Waals surface area contributed by atoms with Gasteiger partial charge in [-0.25, -0.2) is 0 Å². The zero-order chi connectivity index (χ0) is 17.2. The summed E-state index contributed by atoms with van der Waals surface area (Å²) in [4.78, 5) is 0. The molecule has 0 fully saturated rings. The van der Waals surface area contributed by atoms with Crippen molar-refractivity contribution in [1.82, 2.24) is 0 Å². The average Bonchev–Trinajstić information content (AvgIpc) is 3.08. The predicted octanol–water partition coefficient (Wildman–Crippen LogP) is 6.32. The number of aryl methyl sites for hydroxylation is 4. The third-order valence-electron chi connectivity index (χ3n) is 5.29. The molecule has 1 N–H and O–H groups in total. The van der Waals surface area contributed by atoms with Crippen LogP contribution in [0.25, 0.3) is 11.1 Å². The molecule has 0 amide bonds. The van der Waals surface area contributed by atoms with E-state index in [4.69, 9.17) is 0 Å². The molecule has 1 heteroatoms. The lowest BCUT2D eigenvalue weighted by Crippen LogP contribution is -2.00. The summed E-state index contributed by atoms with van der Waals surface area (Å²) in [6.45, 7) is 5.24. The summed E-state index contributed by atoms with van der Waals surface area (Å²) in [7, 11) is 0. The summed E-state index contributed by atoms with van der Waals surface area (Å²) in [5.41, 5.74) is 11.0. The molecule has 1 nitrogen and oxygen atoms in total. The highest BCUT2D eigenvalue weighted by molar-refractivity contribution is 5.71. The van der Waals surface area contributed by atoms with Crippen LogP contribution in [0.5, 0.6) is 0 Å². The van der Waals surface area contributed by atoms with E-state index in [9.17, 15) is 0 Å². The maximum atomic E-state index is 3.60. The van der Waals surface area contributed by atoms with Crippen LogP contribution in [-0.4, -0.2) is 0 Å². The van der Waals surface area contributed by atoms with Gasteiger partial charge in [-0.3, -0.25) is 0 Å². The van der Waals surface area contributed by atoms with Crippen LogP contribution in [-0.2, 0) is 19.4 Å². The highest BCUT2D eigenvalue weighted by atomic mass is 14.9. The van der Waals surface area contributed by atoms with Crippen molar-refractivity contribution in [3.05, 3.63) is 88.5 Å². The smallest absolute Gasteiger partial charge is 0.0401 e. The highest BCUT2D eigenvalue weighted by Crippen LogP contribution is 2.28. The Bertz CT molecular complexity index is 894. The van der Waals surface area contributed by atoms with Crippen molar-refractivity contribution in [2.75, 3.05) is 5.32 Å². The fourth-order valence-electron chi connectivity index (χ4n) is 3.99. The van der Waals surface area contributed by atoms with Crippen LogP contribution in [0.4, 0.5) is 5.69 Å². The monoisotopic (exact) mass is 329 g/mol. The molecule has 25 heavy (non-hydrogen) atoms. The van der Waals surface area contributed by atoms with Gasteiger partial charge in [-0.2, -0.15) is 0 Å². The minimum Gasteiger partial charge on any atom is -0.381 e. The van der Waals surface area contributed by atoms with Crippen LogP contribution in [0.2, 0.25) is 0 Å². The van der Waals surface area contributed by atoms with Gasteiger partial charge in [0.1, 0.15) is 0 Å². The standard InChI is InChI=1S/C24H25N.H2/c1-17-6-3-7-18(2)24(17)22-11-4-8-19(14-22)16-25-23-13-12-20-9-5-10-21(20)15-23;/h3-4,6-8,11-15,25H,5,9-10,16H2,1-2H3;1H. The minimum absolute atomic E-state index is 0. The summed E-state index contributed by atoms with van der Waals surface area (Å²) in [6, 6.07) is 22.3. The third kappa shape index (κ3) is 3.32. The summed E-state index contributed by atoms with van der Waals surface area (Å²) in [6.07, 6.45) is 3.77. The van der Waals surface area contributed by atoms with Crippen molar-refractivity contribution >= 4 is 5.69 Å². The predicted molar refractivity (Wildman–Crippen MR) is 109 cm³/mol. The SMILES string of the molecule is Cc1cccc(C)c1-c1cccc(CNc2ccc3c(c2)CCC3)c1.[HH]. The molecule has 0 bridgehead atoms. The first-order valence-electron chi connectivity index (χ1n) is 9.22. The topological polar surface area (TPSA) is 12.0 Å². The molecular formula is C24H27N. The van der Waals surface area contributed by atoms with E-state index >= 15 is 0 Å². The molecule has 0 heterocycles. The van der Waals surface area contributed by atoms with E-state index in [1.54, 1.807) is 0 Å². The number of rotatable bonds is 4. The number of benzene rings is 3. The first-order chi connectivity index (χ1) is 12.2. The fourth-order valence-corrected chi connectivity index (χ4v) is 3.99. The third-order valence-corrected chi connectivity index (χ3v) is 5.29. The maximum Gasteiger partial charge on any atom is 0.0401 e. The molecule has 1 aliphatic carbocycles. The summed E-state index contributed by atoms with van der Waals surface area (Å²) >= 11 is 0. The van der Waals surface area contributed by atoms with E-state index in [1.807, 2.05) is 0 Å². The Morgan fingerprint density at radius 1 is 0.840 bits per heavy atom. The lowest BCUT2D eigenvalue weighted by Gasteiger charge is -2.13. The van der Waals surface area contributed by atoms with Crippen LogP contribution in [0, 0.1) is 13.8 Å². The molecule has 0 radical (unpaired) electrons. The number of anilines is 1. The normalized spacial score (nSPS) is 12.9. The molecule has 4 rings (SSSR count). The van der Waals surface area contributed by atoms with Crippen molar-refractivity contribution in [1.29, 1.82) is 0 Å². The lowest BCUT2D eigenvalue weighted by atomic mass is 9.95. The highest BCUT2D eigenvalue weighted by Gasteiger charge is 2.11. The Morgan fingerprint density at radius 3 is 2.44 bits per heavy atom. The van der Waals surface area contributed by atoms with Crippen LogP contribution in [0.1, 0.15) is 35.7 Å². The Morgan fingerprint density at radius 2 is 1.60 bits per heavy atom. The average molecular weight is 329 g/mol. The van der Waals surface area contributed by atoms with Crippen LogP contribution < -0.4 is 5.32 Å². The second-order valence-electron chi connectivity index (χ2n) is 7.16. The van der Waals surface area contributed by atoms with E-state index in [1.165, 1.54) is 63.9 Å². The van der Waals surface area contributed by atoms with Crippen molar-refractivity contribution in [2.45, 2.75) is 39.7 Å². The van der Waals surface area contributed by atoms with E-state index in [0.717, 1.165) is 6.54 Å². The number of nitrogens with one attached hydrogen (secondary N) is 1. The van der Waals surface area contributed by atoms with E-state index < -0.39 is 0 Å².